The molecular formula is C26H36O3. The van der Waals surface area contributed by atoms with Gasteiger partial charge < -0.3 is 9.84 Å². The van der Waals surface area contributed by atoms with Crippen LogP contribution in [0.1, 0.15) is 94.9 Å². The zero-order valence-electron chi connectivity index (χ0n) is 19.7. The van der Waals surface area contributed by atoms with Crippen molar-refractivity contribution in [3.05, 3.63) is 58.1 Å². The first-order valence-electron chi connectivity index (χ1n) is 10.2. The third kappa shape index (κ3) is 5.20. The van der Waals surface area contributed by atoms with Gasteiger partial charge in [0.25, 0.3) is 0 Å². The van der Waals surface area contributed by atoms with Crippen molar-refractivity contribution in [1.29, 1.82) is 0 Å². The first kappa shape index (κ1) is 23.0. The molecule has 0 unspecified atom stereocenters. The maximum absolute atomic E-state index is 13.2. The Morgan fingerprint density at radius 3 is 1.83 bits per heavy atom. The molecule has 3 heteroatoms. The summed E-state index contributed by atoms with van der Waals surface area (Å²) in [4.78, 5) is 13.2. The summed E-state index contributed by atoms with van der Waals surface area (Å²) in [6, 6.07) is 9.10. The molecule has 2 aromatic carbocycles. The van der Waals surface area contributed by atoms with Gasteiger partial charge in [-0.25, -0.2) is 4.79 Å². The molecule has 3 nitrogen and oxygen atoms in total. The van der Waals surface area contributed by atoms with Gasteiger partial charge in [-0.15, -0.1) is 0 Å². The lowest BCUT2D eigenvalue weighted by atomic mass is 9.79. The molecule has 0 aliphatic heterocycles. The van der Waals surface area contributed by atoms with Gasteiger partial charge in [-0.2, -0.15) is 0 Å². The standard InChI is InChI=1S/C26H36O3/c1-16-13-17(24(2,3)4)14-21(26(8,9)10)22(16)29-23(28)19-12-11-18(27)15-20(19)25(5,6)7/h11-15,27H,1-10H3. The van der Waals surface area contributed by atoms with E-state index in [0.29, 0.717) is 11.3 Å². The molecule has 0 saturated heterocycles. The molecule has 0 heterocycles. The summed E-state index contributed by atoms with van der Waals surface area (Å²) >= 11 is 0. The minimum absolute atomic E-state index is 0.00363. The second-order valence-corrected chi connectivity index (χ2v) is 11.0. The van der Waals surface area contributed by atoms with Gasteiger partial charge in [0.05, 0.1) is 5.56 Å². The number of benzene rings is 2. The highest BCUT2D eigenvalue weighted by molar-refractivity contribution is 5.93. The number of hydrogen-bond acceptors (Lipinski definition) is 3. The van der Waals surface area contributed by atoms with Crippen LogP contribution in [0.25, 0.3) is 0 Å². The van der Waals surface area contributed by atoms with Crippen molar-refractivity contribution in [3.8, 4) is 11.5 Å². The molecule has 158 valence electrons. The van der Waals surface area contributed by atoms with Crippen molar-refractivity contribution < 1.29 is 14.6 Å². The Balaban J connectivity index is 2.60. The van der Waals surface area contributed by atoms with Gasteiger partial charge in [-0.05, 0) is 58.1 Å². The van der Waals surface area contributed by atoms with E-state index in [1.54, 1.807) is 12.1 Å². The highest BCUT2D eigenvalue weighted by Gasteiger charge is 2.28. The van der Waals surface area contributed by atoms with Gasteiger partial charge in [0.1, 0.15) is 11.5 Å². The summed E-state index contributed by atoms with van der Waals surface area (Å²) in [6.45, 7) is 21.0. The SMILES string of the molecule is Cc1cc(C(C)(C)C)cc(C(C)(C)C)c1OC(=O)c1ccc(O)cc1C(C)(C)C. The fraction of sp³-hybridized carbons (Fsp3) is 0.500. The largest absolute Gasteiger partial charge is 0.508 e. The van der Waals surface area contributed by atoms with Gasteiger partial charge >= 0.3 is 5.97 Å². The number of carbonyl (C=O) groups is 1. The molecule has 0 atom stereocenters. The van der Waals surface area contributed by atoms with Crippen molar-refractivity contribution in [1.82, 2.24) is 0 Å². The van der Waals surface area contributed by atoms with E-state index in [9.17, 15) is 9.90 Å². The molecule has 0 amide bonds. The topological polar surface area (TPSA) is 46.5 Å². The maximum Gasteiger partial charge on any atom is 0.343 e. The fourth-order valence-corrected chi connectivity index (χ4v) is 3.38. The Bertz CT molecular complexity index is 917. The van der Waals surface area contributed by atoms with Crippen LogP contribution in [0, 0.1) is 6.92 Å². The lowest BCUT2D eigenvalue weighted by molar-refractivity contribution is 0.0728. The van der Waals surface area contributed by atoms with Crippen LogP contribution in [0.4, 0.5) is 0 Å². The van der Waals surface area contributed by atoms with E-state index < -0.39 is 5.97 Å². The lowest BCUT2D eigenvalue weighted by Gasteiger charge is -2.29. The van der Waals surface area contributed by atoms with Crippen LogP contribution in [-0.4, -0.2) is 11.1 Å². The monoisotopic (exact) mass is 396 g/mol. The van der Waals surface area contributed by atoms with Gasteiger partial charge in [-0.3, -0.25) is 0 Å². The Morgan fingerprint density at radius 1 is 0.793 bits per heavy atom. The second-order valence-electron chi connectivity index (χ2n) is 11.0. The van der Waals surface area contributed by atoms with E-state index in [2.05, 4.69) is 53.7 Å². The van der Waals surface area contributed by atoms with E-state index in [1.807, 2.05) is 27.7 Å². The highest BCUT2D eigenvalue weighted by atomic mass is 16.5. The van der Waals surface area contributed by atoms with Crippen LogP contribution < -0.4 is 4.74 Å². The number of rotatable bonds is 2. The van der Waals surface area contributed by atoms with Crippen molar-refractivity contribution in [2.45, 2.75) is 85.5 Å². The van der Waals surface area contributed by atoms with E-state index in [0.717, 1.165) is 16.7 Å². The summed E-state index contributed by atoms with van der Waals surface area (Å²) in [6.07, 6.45) is 0. The molecule has 0 fully saturated rings. The second kappa shape index (κ2) is 7.51. The molecule has 0 aliphatic rings. The number of aryl methyl sites for hydroxylation is 1. The van der Waals surface area contributed by atoms with E-state index in [-0.39, 0.29) is 22.0 Å². The zero-order chi connectivity index (χ0) is 22.4. The number of esters is 1. The number of hydrogen-bond donors (Lipinski definition) is 1. The maximum atomic E-state index is 13.2. The molecule has 1 N–H and O–H groups in total. The summed E-state index contributed by atoms with van der Waals surface area (Å²) in [5, 5.41) is 9.92. The third-order valence-electron chi connectivity index (χ3n) is 5.17. The Morgan fingerprint density at radius 2 is 1.34 bits per heavy atom. The number of phenolic OH excluding ortho intramolecular Hbond substituents is 1. The third-order valence-corrected chi connectivity index (χ3v) is 5.17. The molecular weight excluding hydrogens is 360 g/mol. The molecule has 0 spiro atoms. The summed E-state index contributed by atoms with van der Waals surface area (Å²) in [5.74, 6) is 0.378. The molecule has 0 bridgehead atoms. The molecule has 0 saturated carbocycles. The van der Waals surface area contributed by atoms with Crippen LogP contribution in [0.5, 0.6) is 11.5 Å². The molecule has 2 aromatic rings. The quantitative estimate of drug-likeness (QED) is 0.448. The Hall–Kier alpha value is -2.29. The Kier molecular flexibility index (Phi) is 5.96. The number of carbonyl (C=O) groups excluding carboxylic acids is 1. The average molecular weight is 397 g/mol. The summed E-state index contributed by atoms with van der Waals surface area (Å²) < 4.78 is 6.01. The van der Waals surface area contributed by atoms with E-state index in [1.165, 1.54) is 11.6 Å². The lowest BCUT2D eigenvalue weighted by Crippen LogP contribution is -2.23. The van der Waals surface area contributed by atoms with Crippen molar-refractivity contribution in [3.63, 3.8) is 0 Å². The minimum Gasteiger partial charge on any atom is -0.508 e. The van der Waals surface area contributed by atoms with E-state index in [4.69, 9.17) is 4.74 Å². The van der Waals surface area contributed by atoms with Gasteiger partial charge in [0, 0.05) is 5.56 Å². The smallest absolute Gasteiger partial charge is 0.343 e. The average Bonchev–Trinajstić information content (AvgIpc) is 2.53. The first-order valence-corrected chi connectivity index (χ1v) is 10.2. The van der Waals surface area contributed by atoms with Crippen LogP contribution in [-0.2, 0) is 16.2 Å². The molecule has 2 rings (SSSR count). The number of phenols is 1. The van der Waals surface area contributed by atoms with Crippen molar-refractivity contribution in [2.75, 3.05) is 0 Å². The summed E-state index contributed by atoms with van der Waals surface area (Å²) in [7, 11) is 0. The van der Waals surface area contributed by atoms with Crippen LogP contribution in [0.15, 0.2) is 30.3 Å². The van der Waals surface area contributed by atoms with Gasteiger partial charge in [-0.1, -0.05) is 74.4 Å². The molecule has 0 aromatic heterocycles. The van der Waals surface area contributed by atoms with Gasteiger partial charge in [0.15, 0.2) is 0 Å². The predicted octanol–water partition coefficient (Wildman–Crippen LogP) is 6.81. The minimum atomic E-state index is -0.396. The number of ether oxygens (including phenoxy) is 1. The zero-order valence-corrected chi connectivity index (χ0v) is 19.7. The summed E-state index contributed by atoms with van der Waals surface area (Å²) in [5.41, 5.74) is 3.97. The Labute approximate surface area is 176 Å². The highest BCUT2D eigenvalue weighted by Crippen LogP contribution is 2.39. The predicted molar refractivity (Wildman–Crippen MR) is 120 cm³/mol. The van der Waals surface area contributed by atoms with E-state index >= 15 is 0 Å². The molecule has 29 heavy (non-hydrogen) atoms. The van der Waals surface area contributed by atoms with Crippen molar-refractivity contribution >= 4 is 5.97 Å². The van der Waals surface area contributed by atoms with Crippen LogP contribution in [0.2, 0.25) is 0 Å². The fourth-order valence-electron chi connectivity index (χ4n) is 3.38. The first-order chi connectivity index (χ1) is 13.0. The molecule has 0 aliphatic carbocycles. The van der Waals surface area contributed by atoms with Gasteiger partial charge in [0.2, 0.25) is 0 Å². The van der Waals surface area contributed by atoms with Crippen LogP contribution in [0.3, 0.4) is 0 Å². The molecule has 0 radical (unpaired) electrons. The van der Waals surface area contributed by atoms with Crippen molar-refractivity contribution in [2.24, 2.45) is 0 Å². The van der Waals surface area contributed by atoms with Crippen LogP contribution >= 0.6 is 0 Å². The normalized spacial score (nSPS) is 12.8. The number of aromatic hydroxyl groups is 1.